The third kappa shape index (κ3) is 1.80. The summed E-state index contributed by atoms with van der Waals surface area (Å²) in [5.74, 6) is 0.775. The van der Waals surface area contributed by atoms with Gasteiger partial charge in [0.15, 0.2) is 0 Å². The molecule has 1 saturated carbocycles. The summed E-state index contributed by atoms with van der Waals surface area (Å²) < 4.78 is 0. The van der Waals surface area contributed by atoms with Crippen molar-refractivity contribution in [1.29, 1.82) is 0 Å². The molecule has 3 unspecified atom stereocenters. The Kier molecular flexibility index (Phi) is 2.26. The number of nitrogens with two attached hydrogens (primary N) is 1. The Hall–Kier alpha value is -0.860. The van der Waals surface area contributed by atoms with Crippen molar-refractivity contribution in [2.75, 3.05) is 13.1 Å². The fourth-order valence-electron chi connectivity index (χ4n) is 2.76. The molecule has 1 aliphatic carbocycles. The van der Waals surface area contributed by atoms with Crippen LogP contribution in [-0.2, 0) is 0 Å². The van der Waals surface area contributed by atoms with E-state index in [9.17, 15) is 0 Å². The molecular formula is C13H18N2. The van der Waals surface area contributed by atoms with Crippen molar-refractivity contribution < 1.29 is 0 Å². The second kappa shape index (κ2) is 3.62. The van der Waals surface area contributed by atoms with Crippen LogP contribution in [0.4, 0.5) is 0 Å². The summed E-state index contributed by atoms with van der Waals surface area (Å²) in [7, 11) is 0. The molecular weight excluding hydrogens is 184 g/mol. The highest BCUT2D eigenvalue weighted by Crippen LogP contribution is 2.45. The van der Waals surface area contributed by atoms with Crippen molar-refractivity contribution in [2.24, 2.45) is 5.73 Å². The zero-order chi connectivity index (χ0) is 10.3. The molecule has 0 bridgehead atoms. The second-order valence-electron chi connectivity index (χ2n) is 4.86. The van der Waals surface area contributed by atoms with Gasteiger partial charge in [0.1, 0.15) is 0 Å². The predicted octanol–water partition coefficient (Wildman–Crippen LogP) is 1.58. The third-order valence-electron chi connectivity index (χ3n) is 3.71. The van der Waals surface area contributed by atoms with Crippen LogP contribution < -0.4 is 5.73 Å². The predicted molar refractivity (Wildman–Crippen MR) is 61.8 cm³/mol. The van der Waals surface area contributed by atoms with E-state index in [2.05, 4.69) is 35.2 Å². The van der Waals surface area contributed by atoms with Gasteiger partial charge < -0.3 is 5.73 Å². The largest absolute Gasteiger partial charge is 0.326 e. The SMILES string of the molecule is NC1CCN(C2CC2c2ccccc2)C1. The maximum absolute atomic E-state index is 5.93. The zero-order valence-electron chi connectivity index (χ0n) is 8.97. The first kappa shape index (κ1) is 9.37. The van der Waals surface area contributed by atoms with Gasteiger partial charge in [-0.2, -0.15) is 0 Å². The number of hydrogen-bond acceptors (Lipinski definition) is 2. The van der Waals surface area contributed by atoms with Crippen LogP contribution >= 0.6 is 0 Å². The lowest BCUT2D eigenvalue weighted by molar-refractivity contribution is 0.318. The summed E-state index contributed by atoms with van der Waals surface area (Å²) in [6.45, 7) is 2.31. The van der Waals surface area contributed by atoms with Crippen molar-refractivity contribution in [1.82, 2.24) is 4.90 Å². The first-order valence-corrected chi connectivity index (χ1v) is 5.89. The van der Waals surface area contributed by atoms with Gasteiger partial charge in [0.05, 0.1) is 0 Å². The summed E-state index contributed by atoms with van der Waals surface area (Å²) in [6.07, 6.45) is 2.51. The lowest BCUT2D eigenvalue weighted by atomic mass is 10.1. The molecule has 15 heavy (non-hydrogen) atoms. The molecule has 1 aliphatic heterocycles. The molecule has 3 atom stereocenters. The molecule has 80 valence electrons. The zero-order valence-corrected chi connectivity index (χ0v) is 8.97. The van der Waals surface area contributed by atoms with Crippen molar-refractivity contribution in [2.45, 2.75) is 30.8 Å². The Labute approximate surface area is 91.1 Å². The van der Waals surface area contributed by atoms with Gasteiger partial charge in [-0.25, -0.2) is 0 Å². The Morgan fingerprint density at radius 2 is 2.00 bits per heavy atom. The first-order chi connectivity index (χ1) is 7.34. The Balaban J connectivity index is 1.65. The van der Waals surface area contributed by atoms with Gasteiger partial charge in [-0.3, -0.25) is 4.90 Å². The fraction of sp³-hybridized carbons (Fsp3) is 0.538. The van der Waals surface area contributed by atoms with E-state index in [1.165, 1.54) is 24.9 Å². The van der Waals surface area contributed by atoms with Crippen LogP contribution in [0.1, 0.15) is 24.3 Å². The lowest BCUT2D eigenvalue weighted by Gasteiger charge is -2.14. The summed E-state index contributed by atoms with van der Waals surface area (Å²) >= 11 is 0. The number of hydrogen-bond donors (Lipinski definition) is 1. The quantitative estimate of drug-likeness (QED) is 0.789. The minimum Gasteiger partial charge on any atom is -0.326 e. The van der Waals surface area contributed by atoms with Gasteiger partial charge >= 0.3 is 0 Å². The molecule has 0 spiro atoms. The van der Waals surface area contributed by atoms with Gasteiger partial charge in [-0.05, 0) is 18.4 Å². The highest BCUT2D eigenvalue weighted by molar-refractivity contribution is 5.28. The molecule has 0 amide bonds. The molecule has 2 nitrogen and oxygen atoms in total. The molecule has 1 aromatic carbocycles. The van der Waals surface area contributed by atoms with E-state index in [4.69, 9.17) is 5.73 Å². The summed E-state index contributed by atoms with van der Waals surface area (Å²) in [4.78, 5) is 2.57. The topological polar surface area (TPSA) is 29.3 Å². The molecule has 2 aliphatic rings. The highest BCUT2D eigenvalue weighted by atomic mass is 15.2. The Bertz CT molecular complexity index is 336. The third-order valence-corrected chi connectivity index (χ3v) is 3.71. The monoisotopic (exact) mass is 202 g/mol. The number of nitrogens with zero attached hydrogens (tertiary/aromatic N) is 1. The Morgan fingerprint density at radius 1 is 1.20 bits per heavy atom. The van der Waals surface area contributed by atoms with Gasteiger partial charge in [0.25, 0.3) is 0 Å². The molecule has 3 rings (SSSR count). The first-order valence-electron chi connectivity index (χ1n) is 5.89. The molecule has 1 saturated heterocycles. The number of rotatable bonds is 2. The summed E-state index contributed by atoms with van der Waals surface area (Å²) in [5.41, 5.74) is 7.44. The minimum atomic E-state index is 0.419. The lowest BCUT2D eigenvalue weighted by Crippen LogP contribution is -2.28. The molecule has 0 aromatic heterocycles. The smallest absolute Gasteiger partial charge is 0.0180 e. The fourth-order valence-corrected chi connectivity index (χ4v) is 2.76. The van der Waals surface area contributed by atoms with Crippen LogP contribution in [0.2, 0.25) is 0 Å². The van der Waals surface area contributed by atoms with Crippen molar-refractivity contribution in [3.05, 3.63) is 35.9 Å². The normalized spacial score (nSPS) is 35.7. The van der Waals surface area contributed by atoms with E-state index in [1.54, 1.807) is 0 Å². The molecule has 1 aromatic rings. The maximum atomic E-state index is 5.93. The molecule has 2 heteroatoms. The van der Waals surface area contributed by atoms with Crippen molar-refractivity contribution >= 4 is 0 Å². The van der Waals surface area contributed by atoms with E-state index in [-0.39, 0.29) is 0 Å². The van der Waals surface area contributed by atoms with Crippen LogP contribution in [0, 0.1) is 0 Å². The summed E-state index contributed by atoms with van der Waals surface area (Å²) in [5, 5.41) is 0. The van der Waals surface area contributed by atoms with E-state index < -0.39 is 0 Å². The van der Waals surface area contributed by atoms with E-state index in [0.717, 1.165) is 18.5 Å². The maximum Gasteiger partial charge on any atom is 0.0180 e. The van der Waals surface area contributed by atoms with Crippen LogP contribution in [0.25, 0.3) is 0 Å². The molecule has 2 N–H and O–H groups in total. The van der Waals surface area contributed by atoms with Crippen LogP contribution in [0.15, 0.2) is 30.3 Å². The van der Waals surface area contributed by atoms with Crippen LogP contribution in [-0.4, -0.2) is 30.1 Å². The second-order valence-corrected chi connectivity index (χ2v) is 4.86. The minimum absolute atomic E-state index is 0.419. The summed E-state index contributed by atoms with van der Waals surface area (Å²) in [6, 6.07) is 12.1. The standard InChI is InChI=1S/C13H18N2/c14-11-6-7-15(9-11)13-8-12(13)10-4-2-1-3-5-10/h1-5,11-13H,6-9,14H2. The average molecular weight is 202 g/mol. The van der Waals surface area contributed by atoms with Gasteiger partial charge in [0.2, 0.25) is 0 Å². The average Bonchev–Trinajstić information content (AvgIpc) is 2.96. The van der Waals surface area contributed by atoms with Crippen LogP contribution in [0.3, 0.4) is 0 Å². The number of likely N-dealkylation sites (tertiary alicyclic amines) is 1. The van der Waals surface area contributed by atoms with Gasteiger partial charge in [-0.1, -0.05) is 30.3 Å². The van der Waals surface area contributed by atoms with E-state index in [0.29, 0.717) is 6.04 Å². The molecule has 2 fully saturated rings. The molecule has 1 heterocycles. The van der Waals surface area contributed by atoms with Gasteiger partial charge in [0, 0.05) is 31.1 Å². The van der Waals surface area contributed by atoms with E-state index >= 15 is 0 Å². The van der Waals surface area contributed by atoms with Crippen molar-refractivity contribution in [3.8, 4) is 0 Å². The molecule has 0 radical (unpaired) electrons. The van der Waals surface area contributed by atoms with Crippen LogP contribution in [0.5, 0.6) is 0 Å². The van der Waals surface area contributed by atoms with Crippen molar-refractivity contribution in [3.63, 3.8) is 0 Å². The highest BCUT2D eigenvalue weighted by Gasteiger charge is 2.44. The number of benzene rings is 1. The van der Waals surface area contributed by atoms with Gasteiger partial charge in [-0.15, -0.1) is 0 Å². The Morgan fingerprint density at radius 3 is 2.67 bits per heavy atom. The van der Waals surface area contributed by atoms with E-state index in [1.807, 2.05) is 0 Å².